The summed E-state index contributed by atoms with van der Waals surface area (Å²) in [6, 6.07) is 0.298. The molecule has 0 aromatic heterocycles. The van der Waals surface area contributed by atoms with Gasteiger partial charge in [-0.25, -0.2) is 0 Å². The monoisotopic (exact) mass is 288 g/mol. The van der Waals surface area contributed by atoms with Gasteiger partial charge in [0.2, 0.25) is 5.91 Å². The Kier molecular flexibility index (Phi) is 8.06. The van der Waals surface area contributed by atoms with Gasteiger partial charge in [0.15, 0.2) is 0 Å². The van der Waals surface area contributed by atoms with Crippen LogP contribution in [0.5, 0.6) is 0 Å². The third-order valence-corrected chi connectivity index (χ3v) is 3.33. The number of methoxy groups -OCH3 is 1. The van der Waals surface area contributed by atoms with Crippen molar-refractivity contribution in [3.05, 3.63) is 0 Å². The topological polar surface area (TPSA) is 60.0 Å². The van der Waals surface area contributed by atoms with Crippen LogP contribution in [0.25, 0.3) is 0 Å². The van der Waals surface area contributed by atoms with Gasteiger partial charge in [0.05, 0.1) is 25.4 Å². The molecule has 20 heavy (non-hydrogen) atoms. The maximum absolute atomic E-state index is 11.6. The van der Waals surface area contributed by atoms with Gasteiger partial charge in [-0.3, -0.25) is 9.69 Å². The van der Waals surface area contributed by atoms with E-state index in [9.17, 15) is 4.79 Å². The zero-order chi connectivity index (χ0) is 15.0. The fraction of sp³-hybridized carbons (Fsp3) is 0.929. The number of morpholine rings is 1. The Labute approximate surface area is 121 Å². The molecule has 3 atom stereocenters. The molecule has 0 aromatic rings. The predicted octanol–water partition coefficient (Wildman–Crippen LogP) is 0.263. The molecule has 0 saturated carbocycles. The quantitative estimate of drug-likeness (QED) is 0.649. The molecule has 1 amide bonds. The van der Waals surface area contributed by atoms with E-state index in [2.05, 4.69) is 31.0 Å². The molecule has 0 aromatic carbocycles. The second-order valence-corrected chi connectivity index (χ2v) is 5.41. The Bertz CT molecular complexity index is 278. The number of nitrogens with zero attached hydrogens (tertiary/aromatic N) is 1. The molecule has 1 fully saturated rings. The molecular weight excluding hydrogens is 260 g/mol. The van der Waals surface area contributed by atoms with E-state index in [1.807, 2.05) is 0 Å². The lowest BCUT2D eigenvalue weighted by atomic mass is 10.2. The van der Waals surface area contributed by atoms with Crippen LogP contribution in [-0.2, 0) is 19.0 Å². The van der Waals surface area contributed by atoms with E-state index in [0.29, 0.717) is 25.8 Å². The van der Waals surface area contributed by atoms with Crippen molar-refractivity contribution in [3.63, 3.8) is 0 Å². The van der Waals surface area contributed by atoms with Gasteiger partial charge in [-0.15, -0.1) is 0 Å². The van der Waals surface area contributed by atoms with Gasteiger partial charge in [0.25, 0.3) is 0 Å². The molecule has 6 heteroatoms. The molecule has 1 N–H and O–H groups in total. The van der Waals surface area contributed by atoms with Crippen molar-refractivity contribution in [3.8, 4) is 0 Å². The Morgan fingerprint density at radius 1 is 1.35 bits per heavy atom. The second-order valence-electron chi connectivity index (χ2n) is 5.41. The third-order valence-electron chi connectivity index (χ3n) is 3.33. The van der Waals surface area contributed by atoms with Gasteiger partial charge in [0, 0.05) is 32.8 Å². The first-order valence-electron chi connectivity index (χ1n) is 7.25. The number of hydrogen-bond acceptors (Lipinski definition) is 5. The molecule has 0 spiro atoms. The predicted molar refractivity (Wildman–Crippen MR) is 76.7 cm³/mol. The van der Waals surface area contributed by atoms with E-state index < -0.39 is 0 Å². The highest BCUT2D eigenvalue weighted by Crippen LogP contribution is 2.13. The number of hydrogen-bond donors (Lipinski definition) is 1. The van der Waals surface area contributed by atoms with Crippen LogP contribution in [0.1, 0.15) is 20.8 Å². The van der Waals surface area contributed by atoms with Crippen molar-refractivity contribution in [2.24, 2.45) is 0 Å². The average Bonchev–Trinajstić information content (AvgIpc) is 2.40. The maximum atomic E-state index is 11.6. The van der Waals surface area contributed by atoms with Crippen LogP contribution >= 0.6 is 0 Å². The molecule has 0 radical (unpaired) electrons. The van der Waals surface area contributed by atoms with E-state index >= 15 is 0 Å². The lowest BCUT2D eigenvalue weighted by Crippen LogP contribution is -2.52. The lowest BCUT2D eigenvalue weighted by Gasteiger charge is -2.38. The fourth-order valence-electron chi connectivity index (χ4n) is 2.33. The first-order valence-corrected chi connectivity index (χ1v) is 7.25. The van der Waals surface area contributed by atoms with Gasteiger partial charge in [-0.2, -0.15) is 0 Å². The summed E-state index contributed by atoms with van der Waals surface area (Å²) in [5, 5.41) is 2.90. The Morgan fingerprint density at radius 2 is 2.00 bits per heavy atom. The van der Waals surface area contributed by atoms with E-state index in [-0.39, 0.29) is 24.7 Å². The molecule has 1 heterocycles. The molecule has 118 valence electrons. The minimum absolute atomic E-state index is 0.0812. The van der Waals surface area contributed by atoms with E-state index in [1.165, 1.54) is 0 Å². The standard InChI is InChI=1S/C14H28N2O4/c1-11(16-8-12(2)20-13(3)9-16)7-15-14(17)10-19-6-5-18-4/h11-13H,5-10H2,1-4H3,(H,15,17)/t11-,12+,13+/m0/s1. The molecule has 1 rings (SSSR count). The molecule has 0 aliphatic carbocycles. The van der Waals surface area contributed by atoms with Crippen LogP contribution in [0, 0.1) is 0 Å². The maximum Gasteiger partial charge on any atom is 0.246 e. The summed E-state index contributed by atoms with van der Waals surface area (Å²) in [6.45, 7) is 9.77. The summed E-state index contributed by atoms with van der Waals surface area (Å²) >= 11 is 0. The summed E-state index contributed by atoms with van der Waals surface area (Å²) in [5.74, 6) is -0.0812. The smallest absolute Gasteiger partial charge is 0.246 e. The van der Waals surface area contributed by atoms with Gasteiger partial charge in [-0.05, 0) is 20.8 Å². The number of carbonyl (C=O) groups is 1. The minimum Gasteiger partial charge on any atom is -0.382 e. The lowest BCUT2D eigenvalue weighted by molar-refractivity contribution is -0.126. The highest BCUT2D eigenvalue weighted by atomic mass is 16.5. The van der Waals surface area contributed by atoms with E-state index in [0.717, 1.165) is 13.1 Å². The molecule has 6 nitrogen and oxygen atoms in total. The molecule has 1 aliphatic heterocycles. The van der Waals surface area contributed by atoms with Crippen molar-refractivity contribution in [1.82, 2.24) is 10.2 Å². The van der Waals surface area contributed by atoms with Gasteiger partial charge in [-0.1, -0.05) is 0 Å². The first-order chi connectivity index (χ1) is 9.52. The summed E-state index contributed by atoms with van der Waals surface area (Å²) in [5.41, 5.74) is 0. The van der Waals surface area contributed by atoms with Gasteiger partial charge < -0.3 is 19.5 Å². The van der Waals surface area contributed by atoms with Gasteiger partial charge in [0.1, 0.15) is 6.61 Å². The summed E-state index contributed by atoms with van der Waals surface area (Å²) in [7, 11) is 1.61. The number of rotatable bonds is 8. The van der Waals surface area contributed by atoms with Crippen LogP contribution in [0.2, 0.25) is 0 Å². The Balaban J connectivity index is 2.18. The molecule has 1 saturated heterocycles. The zero-order valence-electron chi connectivity index (χ0n) is 13.1. The largest absolute Gasteiger partial charge is 0.382 e. The SMILES string of the molecule is COCCOCC(=O)NC[C@H](C)N1C[C@@H](C)O[C@H](C)C1. The van der Waals surface area contributed by atoms with E-state index in [4.69, 9.17) is 14.2 Å². The number of nitrogens with one attached hydrogen (secondary N) is 1. The van der Waals surface area contributed by atoms with Gasteiger partial charge >= 0.3 is 0 Å². The number of amides is 1. The first kappa shape index (κ1) is 17.4. The van der Waals surface area contributed by atoms with Crippen LogP contribution in [0.15, 0.2) is 0 Å². The summed E-state index contributed by atoms with van der Waals surface area (Å²) < 4.78 is 15.7. The Morgan fingerprint density at radius 3 is 2.60 bits per heavy atom. The zero-order valence-corrected chi connectivity index (χ0v) is 13.1. The molecule has 0 unspecified atom stereocenters. The van der Waals surface area contributed by atoms with E-state index in [1.54, 1.807) is 7.11 Å². The van der Waals surface area contributed by atoms with Crippen LogP contribution < -0.4 is 5.32 Å². The average molecular weight is 288 g/mol. The molecular formula is C14H28N2O4. The summed E-state index contributed by atoms with van der Waals surface area (Å²) in [6.07, 6.45) is 0.489. The van der Waals surface area contributed by atoms with Crippen LogP contribution in [0.3, 0.4) is 0 Å². The van der Waals surface area contributed by atoms with Crippen molar-refractivity contribution < 1.29 is 19.0 Å². The highest BCUT2D eigenvalue weighted by Gasteiger charge is 2.25. The van der Waals surface area contributed by atoms with Crippen LogP contribution in [-0.4, -0.2) is 75.6 Å². The minimum atomic E-state index is -0.0812. The van der Waals surface area contributed by atoms with Crippen molar-refractivity contribution >= 4 is 5.91 Å². The van der Waals surface area contributed by atoms with Crippen molar-refractivity contribution in [2.45, 2.75) is 39.0 Å². The Hall–Kier alpha value is -0.690. The normalized spacial score (nSPS) is 25.4. The number of ether oxygens (including phenoxy) is 3. The molecule has 1 aliphatic rings. The highest BCUT2D eigenvalue weighted by molar-refractivity contribution is 5.77. The third kappa shape index (κ3) is 6.65. The number of carbonyl (C=O) groups excluding carboxylic acids is 1. The van der Waals surface area contributed by atoms with Crippen molar-refractivity contribution in [1.29, 1.82) is 0 Å². The van der Waals surface area contributed by atoms with Crippen LogP contribution in [0.4, 0.5) is 0 Å². The summed E-state index contributed by atoms with van der Waals surface area (Å²) in [4.78, 5) is 14.0. The fourth-order valence-corrected chi connectivity index (χ4v) is 2.33. The second kappa shape index (κ2) is 9.28. The molecule has 0 bridgehead atoms. The van der Waals surface area contributed by atoms with Crippen molar-refractivity contribution in [2.75, 3.05) is 46.6 Å².